The second-order valence-electron chi connectivity index (χ2n) is 3.55. The molecular formula is C12H6F4O2. The Balaban J connectivity index is 2.72. The minimum atomic E-state index is -1.79. The third-order valence-electron chi connectivity index (χ3n) is 2.38. The van der Waals surface area contributed by atoms with Crippen molar-refractivity contribution in [3.05, 3.63) is 47.5 Å². The minimum Gasteiger partial charge on any atom is -0.508 e. The van der Waals surface area contributed by atoms with Gasteiger partial charge in [0, 0.05) is 17.2 Å². The first-order chi connectivity index (χ1) is 8.41. The SMILES string of the molecule is Oc1ccc(-c2cc(F)c(O)c(F)c2F)c(F)c1. The first-order valence-electron chi connectivity index (χ1n) is 4.77. The highest BCUT2D eigenvalue weighted by molar-refractivity contribution is 5.67. The van der Waals surface area contributed by atoms with Crippen LogP contribution < -0.4 is 0 Å². The molecule has 0 heterocycles. The molecule has 0 aliphatic rings. The standard InChI is InChI=1S/C12H6F4O2/c13-8-3-5(17)1-2-6(8)7-4-9(14)12(18)11(16)10(7)15/h1-4,17-18H. The molecule has 94 valence electrons. The molecule has 2 nitrogen and oxygen atoms in total. The van der Waals surface area contributed by atoms with Crippen LogP contribution in [-0.4, -0.2) is 10.2 Å². The van der Waals surface area contributed by atoms with Crippen LogP contribution in [0.25, 0.3) is 11.1 Å². The topological polar surface area (TPSA) is 40.5 Å². The van der Waals surface area contributed by atoms with Gasteiger partial charge < -0.3 is 10.2 Å². The summed E-state index contributed by atoms with van der Waals surface area (Å²) in [4.78, 5) is 0. The van der Waals surface area contributed by atoms with Crippen LogP contribution in [0.2, 0.25) is 0 Å². The lowest BCUT2D eigenvalue weighted by atomic mass is 10.0. The van der Waals surface area contributed by atoms with E-state index in [1.807, 2.05) is 0 Å². The van der Waals surface area contributed by atoms with Crippen LogP contribution >= 0.6 is 0 Å². The summed E-state index contributed by atoms with van der Waals surface area (Å²) in [5, 5.41) is 17.8. The molecule has 0 saturated heterocycles. The summed E-state index contributed by atoms with van der Waals surface area (Å²) < 4.78 is 53.1. The summed E-state index contributed by atoms with van der Waals surface area (Å²) in [5.74, 6) is -7.68. The van der Waals surface area contributed by atoms with Gasteiger partial charge in [0.25, 0.3) is 0 Å². The van der Waals surface area contributed by atoms with Gasteiger partial charge in [0.2, 0.25) is 5.82 Å². The van der Waals surface area contributed by atoms with Gasteiger partial charge in [-0.3, -0.25) is 0 Å². The van der Waals surface area contributed by atoms with Crippen molar-refractivity contribution in [1.82, 2.24) is 0 Å². The fourth-order valence-electron chi connectivity index (χ4n) is 1.50. The van der Waals surface area contributed by atoms with Crippen molar-refractivity contribution in [1.29, 1.82) is 0 Å². The van der Waals surface area contributed by atoms with Gasteiger partial charge in [-0.05, 0) is 18.2 Å². The highest BCUT2D eigenvalue weighted by atomic mass is 19.2. The summed E-state index contributed by atoms with van der Waals surface area (Å²) in [6, 6.07) is 3.17. The fourth-order valence-corrected chi connectivity index (χ4v) is 1.50. The number of aromatic hydroxyl groups is 2. The number of rotatable bonds is 1. The van der Waals surface area contributed by atoms with Crippen LogP contribution in [0.1, 0.15) is 0 Å². The number of hydrogen-bond donors (Lipinski definition) is 2. The lowest BCUT2D eigenvalue weighted by Gasteiger charge is -2.08. The molecule has 0 saturated carbocycles. The molecule has 0 radical (unpaired) electrons. The van der Waals surface area contributed by atoms with Crippen LogP contribution in [0.3, 0.4) is 0 Å². The van der Waals surface area contributed by atoms with E-state index in [2.05, 4.69) is 0 Å². The van der Waals surface area contributed by atoms with Crippen molar-refractivity contribution in [2.45, 2.75) is 0 Å². The van der Waals surface area contributed by atoms with Crippen LogP contribution in [0, 0.1) is 23.3 Å². The van der Waals surface area contributed by atoms with Crippen molar-refractivity contribution in [2.75, 3.05) is 0 Å². The van der Waals surface area contributed by atoms with Gasteiger partial charge in [0.15, 0.2) is 17.4 Å². The number of phenols is 2. The molecule has 0 aliphatic heterocycles. The van der Waals surface area contributed by atoms with Crippen molar-refractivity contribution < 1.29 is 27.8 Å². The Morgan fingerprint density at radius 2 is 1.39 bits per heavy atom. The van der Waals surface area contributed by atoms with Crippen molar-refractivity contribution >= 4 is 0 Å². The highest BCUT2D eigenvalue weighted by Gasteiger charge is 2.21. The third kappa shape index (κ3) is 1.85. The van der Waals surface area contributed by atoms with Crippen LogP contribution in [0.4, 0.5) is 17.6 Å². The Morgan fingerprint density at radius 3 is 2.00 bits per heavy atom. The maximum absolute atomic E-state index is 13.5. The van der Waals surface area contributed by atoms with Crippen molar-refractivity contribution in [3.63, 3.8) is 0 Å². The molecule has 0 aromatic heterocycles. The Bertz CT molecular complexity index is 626. The van der Waals surface area contributed by atoms with Crippen LogP contribution in [0.5, 0.6) is 11.5 Å². The van der Waals surface area contributed by atoms with Crippen LogP contribution in [0.15, 0.2) is 24.3 Å². The van der Waals surface area contributed by atoms with E-state index in [-0.39, 0.29) is 0 Å². The van der Waals surface area contributed by atoms with E-state index >= 15 is 0 Å². The normalized spacial score (nSPS) is 10.7. The zero-order chi connectivity index (χ0) is 13.4. The average Bonchev–Trinajstić information content (AvgIpc) is 2.32. The predicted molar refractivity (Wildman–Crippen MR) is 55.0 cm³/mol. The molecule has 2 rings (SSSR count). The Hall–Kier alpha value is -2.24. The highest BCUT2D eigenvalue weighted by Crippen LogP contribution is 2.33. The maximum Gasteiger partial charge on any atom is 0.204 e. The lowest BCUT2D eigenvalue weighted by Crippen LogP contribution is -1.95. The van der Waals surface area contributed by atoms with E-state index in [0.29, 0.717) is 12.1 Å². The van der Waals surface area contributed by atoms with Gasteiger partial charge in [-0.2, -0.15) is 4.39 Å². The first kappa shape index (κ1) is 12.2. The second kappa shape index (κ2) is 4.21. The Kier molecular flexibility index (Phi) is 2.86. The smallest absolute Gasteiger partial charge is 0.204 e. The third-order valence-corrected chi connectivity index (χ3v) is 2.38. The van der Waals surface area contributed by atoms with E-state index in [4.69, 9.17) is 10.2 Å². The number of halogens is 4. The summed E-state index contributed by atoms with van der Waals surface area (Å²) in [6.07, 6.45) is 0. The molecule has 18 heavy (non-hydrogen) atoms. The van der Waals surface area contributed by atoms with Gasteiger partial charge in [-0.15, -0.1) is 0 Å². The minimum absolute atomic E-state index is 0.406. The van der Waals surface area contributed by atoms with Gasteiger partial charge in [0.05, 0.1) is 0 Å². The first-order valence-corrected chi connectivity index (χ1v) is 4.77. The van der Waals surface area contributed by atoms with Gasteiger partial charge in [-0.25, -0.2) is 13.2 Å². The van der Waals surface area contributed by atoms with E-state index in [9.17, 15) is 17.6 Å². The molecule has 2 aromatic carbocycles. The molecule has 2 N–H and O–H groups in total. The maximum atomic E-state index is 13.5. The zero-order valence-corrected chi connectivity index (χ0v) is 8.72. The molecule has 0 atom stereocenters. The fraction of sp³-hybridized carbons (Fsp3) is 0. The summed E-state index contributed by atoms with van der Waals surface area (Å²) in [5.41, 5.74) is -1.11. The second-order valence-corrected chi connectivity index (χ2v) is 3.55. The molecule has 0 spiro atoms. The van der Waals surface area contributed by atoms with E-state index < -0.39 is 45.9 Å². The molecule has 0 fully saturated rings. The van der Waals surface area contributed by atoms with Gasteiger partial charge in [0.1, 0.15) is 11.6 Å². The molecule has 0 unspecified atom stereocenters. The molecule has 0 amide bonds. The Labute approximate surface area is 98.7 Å². The van der Waals surface area contributed by atoms with E-state index in [1.165, 1.54) is 0 Å². The van der Waals surface area contributed by atoms with Gasteiger partial charge in [-0.1, -0.05) is 0 Å². The van der Waals surface area contributed by atoms with E-state index in [1.54, 1.807) is 0 Å². The molecular weight excluding hydrogens is 252 g/mol. The lowest BCUT2D eigenvalue weighted by molar-refractivity contribution is 0.377. The quantitative estimate of drug-likeness (QED) is 0.608. The van der Waals surface area contributed by atoms with Crippen molar-refractivity contribution in [2.24, 2.45) is 0 Å². The molecule has 2 aromatic rings. The largest absolute Gasteiger partial charge is 0.508 e. The number of phenolic OH excluding ortho intramolecular Hbond substituents is 2. The predicted octanol–water partition coefficient (Wildman–Crippen LogP) is 3.32. The van der Waals surface area contributed by atoms with E-state index in [0.717, 1.165) is 12.1 Å². The average molecular weight is 258 g/mol. The van der Waals surface area contributed by atoms with Crippen molar-refractivity contribution in [3.8, 4) is 22.6 Å². The summed E-state index contributed by atoms with van der Waals surface area (Å²) >= 11 is 0. The molecule has 0 aliphatic carbocycles. The monoisotopic (exact) mass is 258 g/mol. The summed E-state index contributed by atoms with van der Waals surface area (Å²) in [7, 11) is 0. The zero-order valence-electron chi connectivity index (χ0n) is 8.72. The van der Waals surface area contributed by atoms with Gasteiger partial charge >= 0.3 is 0 Å². The molecule has 6 heteroatoms. The number of benzene rings is 2. The summed E-state index contributed by atoms with van der Waals surface area (Å²) in [6.45, 7) is 0. The molecule has 0 bridgehead atoms. The Morgan fingerprint density at radius 1 is 0.722 bits per heavy atom. The number of hydrogen-bond acceptors (Lipinski definition) is 2. The van der Waals surface area contributed by atoms with Crippen LogP contribution in [-0.2, 0) is 0 Å².